The first kappa shape index (κ1) is 11.4. The molecule has 1 unspecified atom stereocenters. The van der Waals surface area contributed by atoms with Crippen LogP contribution in [0.3, 0.4) is 0 Å². The summed E-state index contributed by atoms with van der Waals surface area (Å²) < 4.78 is 0. The molecule has 0 amide bonds. The van der Waals surface area contributed by atoms with E-state index < -0.39 is 0 Å². The molecule has 1 rings (SSSR count). The van der Waals surface area contributed by atoms with Gasteiger partial charge in [-0.3, -0.25) is 0 Å². The second-order valence-corrected chi connectivity index (χ2v) is 4.43. The summed E-state index contributed by atoms with van der Waals surface area (Å²) in [4.78, 5) is 1.15. The number of benzene rings is 1. The molecule has 1 atom stereocenters. The molecule has 0 spiro atoms. The maximum Gasteiger partial charge on any atom is 0.0936 e. The van der Waals surface area contributed by atoms with Crippen molar-refractivity contribution in [3.05, 3.63) is 29.3 Å². The molecule has 0 saturated carbocycles. The van der Waals surface area contributed by atoms with Crippen molar-refractivity contribution in [2.45, 2.75) is 17.4 Å². The minimum absolute atomic E-state index is 0.352. The largest absolute Gasteiger partial charge is 0.316 e. The molecule has 0 aliphatic carbocycles. The molecule has 0 heterocycles. The van der Waals surface area contributed by atoms with Gasteiger partial charge >= 0.3 is 0 Å². The normalized spacial score (nSPS) is 12.1. The van der Waals surface area contributed by atoms with E-state index in [1.54, 1.807) is 11.8 Å². The Kier molecular flexibility index (Phi) is 4.81. The van der Waals surface area contributed by atoms with Gasteiger partial charge in [0.05, 0.1) is 12.1 Å². The fourth-order valence-electron chi connectivity index (χ4n) is 0.899. The van der Waals surface area contributed by atoms with Crippen molar-refractivity contribution < 1.29 is 0 Å². The van der Waals surface area contributed by atoms with Crippen LogP contribution in [-0.4, -0.2) is 11.8 Å². The van der Waals surface area contributed by atoms with Crippen LogP contribution in [0.1, 0.15) is 6.42 Å². The number of thioether (sulfide) groups is 1. The van der Waals surface area contributed by atoms with Crippen LogP contribution in [-0.2, 0) is 0 Å². The van der Waals surface area contributed by atoms with Gasteiger partial charge in [-0.2, -0.15) is 5.26 Å². The van der Waals surface area contributed by atoms with E-state index in [4.69, 9.17) is 22.6 Å². The van der Waals surface area contributed by atoms with Crippen LogP contribution in [0.5, 0.6) is 0 Å². The van der Waals surface area contributed by atoms with E-state index in [1.165, 1.54) is 0 Å². The Morgan fingerprint density at radius 3 is 2.64 bits per heavy atom. The van der Waals surface area contributed by atoms with Gasteiger partial charge in [-0.25, -0.2) is 0 Å². The average molecular weight is 227 g/mol. The first-order valence-electron chi connectivity index (χ1n) is 4.26. The fourth-order valence-corrected chi connectivity index (χ4v) is 1.96. The van der Waals surface area contributed by atoms with E-state index in [2.05, 4.69) is 0 Å². The lowest BCUT2D eigenvalue weighted by Crippen LogP contribution is -2.17. The molecule has 0 aliphatic rings. The number of nitriles is 1. The van der Waals surface area contributed by atoms with Crippen molar-refractivity contribution in [2.24, 2.45) is 5.73 Å². The van der Waals surface area contributed by atoms with E-state index >= 15 is 0 Å². The molecule has 14 heavy (non-hydrogen) atoms. The topological polar surface area (TPSA) is 49.8 Å². The zero-order valence-electron chi connectivity index (χ0n) is 7.61. The number of nitrogens with zero attached hydrogens (tertiary/aromatic N) is 1. The van der Waals surface area contributed by atoms with Crippen LogP contribution in [0.4, 0.5) is 0 Å². The van der Waals surface area contributed by atoms with Gasteiger partial charge in [0.15, 0.2) is 0 Å². The number of halogens is 1. The minimum atomic E-state index is -0.352. The van der Waals surface area contributed by atoms with Gasteiger partial charge in [0.25, 0.3) is 0 Å². The molecule has 0 fully saturated rings. The molecular weight excluding hydrogens is 216 g/mol. The van der Waals surface area contributed by atoms with Gasteiger partial charge in [0.2, 0.25) is 0 Å². The third-order valence-corrected chi connectivity index (χ3v) is 2.97. The highest BCUT2D eigenvalue weighted by molar-refractivity contribution is 7.99. The predicted octanol–water partition coefficient (Wildman–Crippen LogP) is 2.67. The SMILES string of the molecule is N#CC(N)CCSc1ccc(Cl)cc1. The molecular formula is C10H11ClN2S. The lowest BCUT2D eigenvalue weighted by atomic mass is 10.3. The fraction of sp³-hybridized carbons (Fsp3) is 0.300. The third kappa shape index (κ3) is 4.01. The summed E-state index contributed by atoms with van der Waals surface area (Å²) in [5.41, 5.74) is 5.47. The van der Waals surface area contributed by atoms with Crippen LogP contribution < -0.4 is 5.73 Å². The summed E-state index contributed by atoms with van der Waals surface area (Å²) in [6.45, 7) is 0. The van der Waals surface area contributed by atoms with Crippen molar-refractivity contribution in [3.63, 3.8) is 0 Å². The summed E-state index contributed by atoms with van der Waals surface area (Å²) in [7, 11) is 0. The first-order chi connectivity index (χ1) is 6.72. The molecule has 0 saturated heterocycles. The van der Waals surface area contributed by atoms with Crippen LogP contribution in [0, 0.1) is 11.3 Å². The maximum atomic E-state index is 8.47. The van der Waals surface area contributed by atoms with E-state index in [0.717, 1.165) is 15.7 Å². The van der Waals surface area contributed by atoms with Crippen molar-refractivity contribution in [1.82, 2.24) is 0 Å². The molecule has 0 aromatic heterocycles. The molecule has 0 bridgehead atoms. The number of hydrogen-bond donors (Lipinski definition) is 1. The Balaban J connectivity index is 2.32. The van der Waals surface area contributed by atoms with Crippen molar-refractivity contribution in [1.29, 1.82) is 5.26 Å². The second-order valence-electron chi connectivity index (χ2n) is 2.83. The summed E-state index contributed by atoms with van der Waals surface area (Å²) in [5, 5.41) is 9.21. The Hall–Kier alpha value is -0.690. The van der Waals surface area contributed by atoms with Crippen LogP contribution in [0.15, 0.2) is 29.2 Å². The molecule has 0 radical (unpaired) electrons. The zero-order valence-corrected chi connectivity index (χ0v) is 9.18. The summed E-state index contributed by atoms with van der Waals surface area (Å²) >= 11 is 7.43. The molecule has 2 N–H and O–H groups in total. The van der Waals surface area contributed by atoms with E-state index in [9.17, 15) is 0 Å². The number of rotatable bonds is 4. The highest BCUT2D eigenvalue weighted by Gasteiger charge is 2.00. The Labute approximate surface area is 93.1 Å². The maximum absolute atomic E-state index is 8.47. The van der Waals surface area contributed by atoms with E-state index in [-0.39, 0.29) is 6.04 Å². The van der Waals surface area contributed by atoms with Gasteiger partial charge in [0, 0.05) is 15.7 Å². The summed E-state index contributed by atoms with van der Waals surface area (Å²) in [5.74, 6) is 0.857. The highest BCUT2D eigenvalue weighted by Crippen LogP contribution is 2.20. The van der Waals surface area contributed by atoms with Crippen molar-refractivity contribution in [3.8, 4) is 6.07 Å². The summed E-state index contributed by atoms with van der Waals surface area (Å²) in [6, 6.07) is 9.29. The lowest BCUT2D eigenvalue weighted by molar-refractivity contribution is 0.803. The minimum Gasteiger partial charge on any atom is -0.316 e. The Morgan fingerprint density at radius 1 is 1.43 bits per heavy atom. The quantitative estimate of drug-likeness (QED) is 0.804. The number of hydrogen-bond acceptors (Lipinski definition) is 3. The molecule has 2 nitrogen and oxygen atoms in total. The third-order valence-electron chi connectivity index (χ3n) is 1.68. The van der Waals surface area contributed by atoms with Crippen LogP contribution >= 0.6 is 23.4 Å². The van der Waals surface area contributed by atoms with Crippen molar-refractivity contribution >= 4 is 23.4 Å². The standard InChI is InChI=1S/C10H11ClN2S/c11-8-1-3-10(4-2-8)14-6-5-9(13)7-12/h1-4,9H,5-6,13H2. The van der Waals surface area contributed by atoms with Crippen LogP contribution in [0.2, 0.25) is 5.02 Å². The van der Waals surface area contributed by atoms with Gasteiger partial charge in [-0.15, -0.1) is 11.8 Å². The summed E-state index contributed by atoms with van der Waals surface area (Å²) in [6.07, 6.45) is 0.712. The van der Waals surface area contributed by atoms with Gasteiger partial charge in [-0.05, 0) is 30.7 Å². The van der Waals surface area contributed by atoms with Crippen molar-refractivity contribution in [2.75, 3.05) is 5.75 Å². The zero-order chi connectivity index (χ0) is 10.4. The number of nitrogens with two attached hydrogens (primary N) is 1. The molecule has 74 valence electrons. The van der Waals surface area contributed by atoms with Gasteiger partial charge in [-0.1, -0.05) is 11.6 Å². The average Bonchev–Trinajstić information content (AvgIpc) is 2.21. The van der Waals surface area contributed by atoms with Gasteiger partial charge in [0.1, 0.15) is 0 Å². The van der Waals surface area contributed by atoms with Gasteiger partial charge < -0.3 is 5.73 Å². The predicted molar refractivity (Wildman–Crippen MR) is 60.4 cm³/mol. The van der Waals surface area contributed by atoms with E-state index in [1.807, 2.05) is 30.3 Å². The Morgan fingerprint density at radius 2 is 2.07 bits per heavy atom. The molecule has 1 aromatic carbocycles. The second kappa shape index (κ2) is 5.92. The first-order valence-corrected chi connectivity index (χ1v) is 5.62. The lowest BCUT2D eigenvalue weighted by Gasteiger charge is -2.02. The Bertz CT molecular complexity index is 318. The van der Waals surface area contributed by atoms with Crippen LogP contribution in [0.25, 0.3) is 0 Å². The highest BCUT2D eigenvalue weighted by atomic mass is 35.5. The smallest absolute Gasteiger partial charge is 0.0936 e. The molecule has 4 heteroatoms. The molecule has 1 aromatic rings. The van der Waals surface area contributed by atoms with E-state index in [0.29, 0.717) is 6.42 Å². The molecule has 0 aliphatic heterocycles. The monoisotopic (exact) mass is 226 g/mol.